The number of hydrogen-bond acceptors (Lipinski definition) is 4. The zero-order valence-corrected chi connectivity index (χ0v) is 13.1. The zero-order valence-electron chi connectivity index (χ0n) is 13.1. The lowest BCUT2D eigenvalue weighted by Crippen LogP contribution is -2.24. The van der Waals surface area contributed by atoms with Crippen LogP contribution in [0.25, 0.3) is 5.57 Å². The first kappa shape index (κ1) is 15.5. The molecule has 120 valence electrons. The number of imidazole rings is 1. The molecule has 1 aromatic heterocycles. The second-order valence-corrected chi connectivity index (χ2v) is 5.52. The van der Waals surface area contributed by atoms with Gasteiger partial charge in [-0.2, -0.15) is 0 Å². The third kappa shape index (κ3) is 3.68. The summed E-state index contributed by atoms with van der Waals surface area (Å²) in [7, 11) is 1.90. The molecular formula is C18H20N2O3. The lowest BCUT2D eigenvalue weighted by molar-refractivity contribution is -0.106. The Morgan fingerprint density at radius 3 is 2.78 bits per heavy atom. The van der Waals surface area contributed by atoms with Crippen LogP contribution in [0.4, 0.5) is 0 Å². The largest absolute Gasteiger partial charge is 0.465 e. The molecule has 5 heteroatoms. The molecule has 0 amide bonds. The van der Waals surface area contributed by atoms with E-state index in [2.05, 4.69) is 4.98 Å². The molecular weight excluding hydrogens is 292 g/mol. The predicted octanol–water partition coefficient (Wildman–Crippen LogP) is 2.96. The van der Waals surface area contributed by atoms with E-state index in [0.29, 0.717) is 0 Å². The number of carbonyl (C=O) groups is 1. The highest BCUT2D eigenvalue weighted by Crippen LogP contribution is 2.25. The van der Waals surface area contributed by atoms with Gasteiger partial charge < -0.3 is 14.0 Å². The average Bonchev–Trinajstić information content (AvgIpc) is 3.00. The van der Waals surface area contributed by atoms with Gasteiger partial charge in [0.05, 0.1) is 6.61 Å². The Hall–Kier alpha value is -2.40. The molecule has 1 aliphatic rings. The van der Waals surface area contributed by atoms with Crippen molar-refractivity contribution in [2.45, 2.75) is 25.6 Å². The lowest BCUT2D eigenvalue weighted by Gasteiger charge is -2.23. The Labute approximate surface area is 135 Å². The second kappa shape index (κ2) is 7.24. The molecule has 0 aliphatic carbocycles. The second-order valence-electron chi connectivity index (χ2n) is 5.52. The number of allylic oxidation sites excluding steroid dienone is 1. The van der Waals surface area contributed by atoms with Gasteiger partial charge in [0.1, 0.15) is 17.9 Å². The first-order chi connectivity index (χ1) is 11.3. The molecule has 2 heterocycles. The van der Waals surface area contributed by atoms with Gasteiger partial charge >= 0.3 is 0 Å². The third-order valence-corrected chi connectivity index (χ3v) is 3.87. The summed E-state index contributed by atoms with van der Waals surface area (Å²) in [4.78, 5) is 15.3. The fraction of sp³-hybridized carbons (Fsp3) is 0.333. The summed E-state index contributed by atoms with van der Waals surface area (Å²) in [5.74, 6) is 1.52. The maximum Gasteiger partial charge on any atom is 0.199 e. The molecule has 2 aromatic rings. The summed E-state index contributed by atoms with van der Waals surface area (Å²) in [6.45, 7) is 0.758. The van der Waals surface area contributed by atoms with Crippen molar-refractivity contribution in [2.75, 3.05) is 6.61 Å². The number of rotatable bonds is 5. The van der Waals surface area contributed by atoms with Crippen LogP contribution in [0, 0.1) is 0 Å². The van der Waals surface area contributed by atoms with E-state index in [4.69, 9.17) is 9.47 Å². The maximum absolute atomic E-state index is 11.0. The van der Waals surface area contributed by atoms with Crippen LogP contribution in [0.1, 0.15) is 30.7 Å². The summed E-state index contributed by atoms with van der Waals surface area (Å²) in [5.41, 5.74) is 1.70. The van der Waals surface area contributed by atoms with Crippen LogP contribution >= 0.6 is 0 Å². The molecule has 1 saturated heterocycles. The molecule has 1 aliphatic heterocycles. The number of carbonyl (C=O) groups excluding carboxylic acids is 1. The van der Waals surface area contributed by atoms with Gasteiger partial charge in [0.15, 0.2) is 6.29 Å². The van der Waals surface area contributed by atoms with Crippen LogP contribution in [0.2, 0.25) is 0 Å². The Morgan fingerprint density at radius 2 is 2.17 bits per heavy atom. The highest BCUT2D eigenvalue weighted by atomic mass is 16.7. The van der Waals surface area contributed by atoms with Crippen molar-refractivity contribution >= 4 is 11.9 Å². The van der Waals surface area contributed by atoms with Gasteiger partial charge in [-0.25, -0.2) is 4.98 Å². The van der Waals surface area contributed by atoms with Crippen LogP contribution in [-0.4, -0.2) is 28.7 Å². The fourth-order valence-electron chi connectivity index (χ4n) is 2.66. The number of ether oxygens (including phenoxy) is 2. The van der Waals surface area contributed by atoms with E-state index in [9.17, 15) is 4.79 Å². The van der Waals surface area contributed by atoms with Crippen molar-refractivity contribution in [1.82, 2.24) is 9.55 Å². The summed E-state index contributed by atoms with van der Waals surface area (Å²) in [6, 6.07) is 7.66. The van der Waals surface area contributed by atoms with E-state index >= 15 is 0 Å². The van der Waals surface area contributed by atoms with Crippen LogP contribution < -0.4 is 4.74 Å². The van der Waals surface area contributed by atoms with E-state index in [1.807, 2.05) is 42.1 Å². The maximum atomic E-state index is 11.0. The topological polar surface area (TPSA) is 53.4 Å². The lowest BCUT2D eigenvalue weighted by atomic mass is 10.0. The number of aldehydes is 1. The summed E-state index contributed by atoms with van der Waals surface area (Å²) in [5, 5.41) is 0. The quantitative estimate of drug-likeness (QED) is 0.629. The Bertz CT molecular complexity index is 683. The molecule has 0 radical (unpaired) electrons. The summed E-state index contributed by atoms with van der Waals surface area (Å²) >= 11 is 0. The minimum atomic E-state index is -0.158. The summed E-state index contributed by atoms with van der Waals surface area (Å²) in [6.07, 6.45) is 8.88. The van der Waals surface area contributed by atoms with Crippen LogP contribution in [0.3, 0.4) is 0 Å². The molecule has 0 bridgehead atoms. The molecule has 0 spiro atoms. The van der Waals surface area contributed by atoms with Crippen molar-refractivity contribution in [2.24, 2.45) is 7.05 Å². The molecule has 1 fully saturated rings. The Kier molecular flexibility index (Phi) is 4.88. The van der Waals surface area contributed by atoms with Gasteiger partial charge in [-0.05, 0) is 36.6 Å². The first-order valence-electron chi connectivity index (χ1n) is 7.80. The Morgan fingerprint density at radius 1 is 1.35 bits per heavy atom. The highest BCUT2D eigenvalue weighted by molar-refractivity contribution is 5.87. The molecule has 0 N–H and O–H groups in total. The van der Waals surface area contributed by atoms with Crippen molar-refractivity contribution in [3.8, 4) is 5.75 Å². The van der Waals surface area contributed by atoms with E-state index in [0.717, 1.165) is 54.9 Å². The molecule has 23 heavy (non-hydrogen) atoms. The van der Waals surface area contributed by atoms with Gasteiger partial charge in [-0.15, -0.1) is 0 Å². The minimum Gasteiger partial charge on any atom is -0.465 e. The third-order valence-electron chi connectivity index (χ3n) is 3.87. The van der Waals surface area contributed by atoms with E-state index in [-0.39, 0.29) is 6.29 Å². The monoisotopic (exact) mass is 312 g/mol. The molecule has 5 nitrogen and oxygen atoms in total. The summed E-state index contributed by atoms with van der Waals surface area (Å²) < 4.78 is 13.3. The molecule has 1 unspecified atom stereocenters. The minimum absolute atomic E-state index is 0.158. The normalized spacial score (nSPS) is 18.7. The number of aryl methyl sites for hydroxylation is 1. The van der Waals surface area contributed by atoms with E-state index in [1.165, 1.54) is 6.08 Å². The number of nitrogens with zero attached hydrogens (tertiary/aromatic N) is 2. The van der Waals surface area contributed by atoms with Crippen molar-refractivity contribution in [1.29, 1.82) is 0 Å². The zero-order chi connectivity index (χ0) is 16.1. The van der Waals surface area contributed by atoms with Crippen LogP contribution in [-0.2, 0) is 16.6 Å². The van der Waals surface area contributed by atoms with E-state index in [1.54, 1.807) is 6.20 Å². The predicted molar refractivity (Wildman–Crippen MR) is 87.0 cm³/mol. The van der Waals surface area contributed by atoms with Gasteiger partial charge in [0.25, 0.3) is 0 Å². The van der Waals surface area contributed by atoms with Crippen molar-refractivity contribution in [3.63, 3.8) is 0 Å². The molecule has 1 aromatic carbocycles. The number of benzene rings is 1. The van der Waals surface area contributed by atoms with Crippen molar-refractivity contribution in [3.05, 3.63) is 54.1 Å². The van der Waals surface area contributed by atoms with Crippen LogP contribution in [0.5, 0.6) is 5.75 Å². The number of aromatic nitrogens is 2. The van der Waals surface area contributed by atoms with Gasteiger partial charge in [0, 0.05) is 31.4 Å². The van der Waals surface area contributed by atoms with Gasteiger partial charge in [-0.3, -0.25) is 4.79 Å². The highest BCUT2D eigenvalue weighted by Gasteiger charge is 2.15. The first-order valence-corrected chi connectivity index (χ1v) is 7.80. The molecule has 0 saturated carbocycles. The standard InChI is InChI=1S/C18H20N2O3/c1-20-11-10-19-18(20)16(9-12-21)14-5-7-15(8-6-14)23-17-4-2-3-13-22-17/h5-12,17H,2-4,13H2,1H3/b16-9-. The average molecular weight is 312 g/mol. The molecule has 1 atom stereocenters. The molecule has 3 rings (SSSR count). The van der Waals surface area contributed by atoms with Crippen molar-refractivity contribution < 1.29 is 14.3 Å². The van der Waals surface area contributed by atoms with Crippen LogP contribution in [0.15, 0.2) is 42.7 Å². The van der Waals surface area contributed by atoms with Gasteiger partial charge in [-0.1, -0.05) is 12.1 Å². The van der Waals surface area contributed by atoms with Gasteiger partial charge in [0.2, 0.25) is 0 Å². The Balaban J connectivity index is 1.78. The van der Waals surface area contributed by atoms with E-state index < -0.39 is 0 Å². The SMILES string of the molecule is Cn1ccnc1/C(=C\C=O)c1ccc(OC2CCCCO2)cc1. The smallest absolute Gasteiger partial charge is 0.199 e. The fourth-order valence-corrected chi connectivity index (χ4v) is 2.66. The number of hydrogen-bond donors (Lipinski definition) is 0.